The summed E-state index contributed by atoms with van der Waals surface area (Å²) in [7, 11) is 0. The average molecular weight is 420 g/mol. The van der Waals surface area contributed by atoms with Gasteiger partial charge in [0.25, 0.3) is 0 Å². The lowest BCUT2D eigenvalue weighted by Gasteiger charge is -2.10. The largest absolute Gasteiger partial charge is 0.488 e. The summed E-state index contributed by atoms with van der Waals surface area (Å²) in [5.41, 5.74) is 5.63. The van der Waals surface area contributed by atoms with Crippen LogP contribution in [-0.2, 0) is 13.2 Å². The van der Waals surface area contributed by atoms with Crippen LogP contribution in [0.4, 0.5) is 0 Å². The Morgan fingerprint density at radius 2 is 1.52 bits per heavy atom. The summed E-state index contributed by atoms with van der Waals surface area (Å²) in [4.78, 5) is 0. The maximum absolute atomic E-state index is 6.18. The molecule has 0 atom stereocenters. The fourth-order valence-corrected chi connectivity index (χ4v) is 2.98. The van der Waals surface area contributed by atoms with E-state index in [1.807, 2.05) is 54.6 Å². The highest BCUT2D eigenvalue weighted by molar-refractivity contribution is 6.31. The molecule has 27 heavy (non-hydrogen) atoms. The molecule has 0 radical (unpaired) electrons. The highest BCUT2D eigenvalue weighted by Crippen LogP contribution is 2.24. The second kappa shape index (κ2) is 9.65. The van der Waals surface area contributed by atoms with E-state index in [9.17, 15) is 0 Å². The Hall–Kier alpha value is -2.20. The summed E-state index contributed by atoms with van der Waals surface area (Å²) >= 11 is 18.4. The molecule has 3 rings (SSSR count). The van der Waals surface area contributed by atoms with Crippen LogP contribution in [0.2, 0.25) is 15.1 Å². The first kappa shape index (κ1) is 19.6. The first-order valence-electron chi connectivity index (χ1n) is 8.28. The standard InChI is InChI=1S/C21H17Cl3N2O/c22-18-9-10-21(27-14-16-6-2-4-8-20(16)24)17(11-18)13-26-25-12-15-5-1-3-7-19(15)23/h1-11,13,25H,12,14H2/b26-13-. The Morgan fingerprint density at radius 1 is 0.852 bits per heavy atom. The topological polar surface area (TPSA) is 33.6 Å². The van der Waals surface area contributed by atoms with Crippen LogP contribution in [0, 0.1) is 0 Å². The lowest BCUT2D eigenvalue weighted by atomic mass is 10.2. The van der Waals surface area contributed by atoms with Crippen molar-refractivity contribution >= 4 is 41.0 Å². The summed E-state index contributed by atoms with van der Waals surface area (Å²) in [6.07, 6.45) is 1.67. The number of hydrazone groups is 1. The second-order valence-electron chi connectivity index (χ2n) is 5.75. The minimum Gasteiger partial charge on any atom is -0.488 e. The van der Waals surface area contributed by atoms with Gasteiger partial charge in [-0.2, -0.15) is 5.10 Å². The molecule has 0 bridgehead atoms. The van der Waals surface area contributed by atoms with Crippen molar-refractivity contribution in [2.24, 2.45) is 5.10 Å². The molecule has 3 aromatic carbocycles. The zero-order valence-corrected chi connectivity index (χ0v) is 16.6. The molecule has 3 aromatic rings. The predicted molar refractivity (Wildman–Crippen MR) is 113 cm³/mol. The molecule has 0 aromatic heterocycles. The Kier molecular flexibility index (Phi) is 6.99. The van der Waals surface area contributed by atoms with E-state index in [2.05, 4.69) is 10.5 Å². The van der Waals surface area contributed by atoms with Gasteiger partial charge in [-0.1, -0.05) is 71.2 Å². The van der Waals surface area contributed by atoms with E-state index in [4.69, 9.17) is 39.5 Å². The van der Waals surface area contributed by atoms with Crippen LogP contribution in [-0.4, -0.2) is 6.21 Å². The van der Waals surface area contributed by atoms with Crippen LogP contribution >= 0.6 is 34.8 Å². The number of ether oxygens (including phenoxy) is 1. The third kappa shape index (κ3) is 5.64. The monoisotopic (exact) mass is 418 g/mol. The van der Waals surface area contributed by atoms with Gasteiger partial charge in [0.15, 0.2) is 0 Å². The third-order valence-corrected chi connectivity index (χ3v) is 4.81. The molecule has 0 aliphatic carbocycles. The highest BCUT2D eigenvalue weighted by Gasteiger charge is 2.06. The van der Waals surface area contributed by atoms with Crippen LogP contribution in [0.3, 0.4) is 0 Å². The molecule has 0 aliphatic heterocycles. The van der Waals surface area contributed by atoms with Crippen LogP contribution in [0.25, 0.3) is 0 Å². The summed E-state index contributed by atoms with van der Waals surface area (Å²) in [6.45, 7) is 0.877. The molecule has 3 nitrogen and oxygen atoms in total. The van der Waals surface area contributed by atoms with Gasteiger partial charge in [-0.15, -0.1) is 0 Å². The minimum atomic E-state index is 0.356. The number of hydrogen-bond acceptors (Lipinski definition) is 3. The fourth-order valence-electron chi connectivity index (χ4n) is 2.41. The molecule has 1 N–H and O–H groups in total. The third-order valence-electron chi connectivity index (χ3n) is 3.84. The summed E-state index contributed by atoms with van der Waals surface area (Å²) < 4.78 is 5.91. The Balaban J connectivity index is 1.66. The first-order chi connectivity index (χ1) is 13.1. The molecule has 0 amide bonds. The number of rotatable bonds is 7. The Morgan fingerprint density at radius 3 is 2.22 bits per heavy atom. The maximum atomic E-state index is 6.18. The van der Waals surface area contributed by atoms with E-state index < -0.39 is 0 Å². The van der Waals surface area contributed by atoms with E-state index in [1.165, 1.54) is 0 Å². The number of nitrogens with zero attached hydrogens (tertiary/aromatic N) is 1. The summed E-state index contributed by atoms with van der Waals surface area (Å²) in [5, 5.41) is 6.23. The van der Waals surface area contributed by atoms with Crippen LogP contribution in [0.15, 0.2) is 71.8 Å². The molecule has 0 aliphatic rings. The van der Waals surface area contributed by atoms with Crippen molar-refractivity contribution in [2.45, 2.75) is 13.2 Å². The van der Waals surface area contributed by atoms with Crippen LogP contribution in [0.1, 0.15) is 16.7 Å². The molecule has 138 valence electrons. The van der Waals surface area contributed by atoms with Gasteiger partial charge in [0.05, 0.1) is 12.8 Å². The SMILES string of the molecule is Clc1ccc(OCc2ccccc2Cl)c(/C=N\NCc2ccccc2Cl)c1. The molecule has 6 heteroatoms. The van der Waals surface area contributed by atoms with Crippen LogP contribution in [0.5, 0.6) is 5.75 Å². The van der Waals surface area contributed by atoms with Gasteiger partial charge < -0.3 is 10.2 Å². The average Bonchev–Trinajstić information content (AvgIpc) is 2.67. The van der Waals surface area contributed by atoms with E-state index in [1.54, 1.807) is 18.3 Å². The van der Waals surface area contributed by atoms with Crippen molar-refractivity contribution in [3.05, 3.63) is 98.5 Å². The number of nitrogens with one attached hydrogen (secondary N) is 1. The van der Waals surface area contributed by atoms with Crippen LogP contribution < -0.4 is 10.2 Å². The van der Waals surface area contributed by atoms with Crippen molar-refractivity contribution in [1.29, 1.82) is 0 Å². The van der Waals surface area contributed by atoms with E-state index in [0.717, 1.165) is 16.7 Å². The maximum Gasteiger partial charge on any atom is 0.128 e. The predicted octanol–water partition coefficient (Wildman–Crippen LogP) is 6.35. The minimum absolute atomic E-state index is 0.356. The molecular formula is C21H17Cl3N2O. The Bertz CT molecular complexity index is 944. The van der Waals surface area contributed by atoms with E-state index in [-0.39, 0.29) is 0 Å². The zero-order valence-electron chi connectivity index (χ0n) is 14.3. The van der Waals surface area contributed by atoms with Gasteiger partial charge in [0.2, 0.25) is 0 Å². The van der Waals surface area contributed by atoms with Gasteiger partial charge in [-0.3, -0.25) is 0 Å². The van der Waals surface area contributed by atoms with Crippen molar-refractivity contribution in [3.63, 3.8) is 0 Å². The molecule has 0 saturated carbocycles. The van der Waals surface area contributed by atoms with Gasteiger partial charge >= 0.3 is 0 Å². The summed E-state index contributed by atoms with van der Waals surface area (Å²) in [5.74, 6) is 0.669. The van der Waals surface area contributed by atoms with Gasteiger partial charge in [0.1, 0.15) is 12.4 Å². The van der Waals surface area contributed by atoms with Gasteiger partial charge in [0, 0.05) is 26.2 Å². The lowest BCUT2D eigenvalue weighted by molar-refractivity contribution is 0.306. The van der Waals surface area contributed by atoms with E-state index in [0.29, 0.717) is 34.0 Å². The van der Waals surface area contributed by atoms with Crippen molar-refractivity contribution in [1.82, 2.24) is 5.43 Å². The summed E-state index contributed by atoms with van der Waals surface area (Å²) in [6, 6.07) is 20.6. The Labute approximate surface area is 173 Å². The highest BCUT2D eigenvalue weighted by atomic mass is 35.5. The smallest absolute Gasteiger partial charge is 0.128 e. The number of hydrogen-bond donors (Lipinski definition) is 1. The van der Waals surface area contributed by atoms with Gasteiger partial charge in [-0.25, -0.2) is 0 Å². The quantitative estimate of drug-likeness (QED) is 0.357. The second-order valence-corrected chi connectivity index (χ2v) is 7.00. The molecule has 0 spiro atoms. The molecule has 0 saturated heterocycles. The van der Waals surface area contributed by atoms with Crippen molar-refractivity contribution in [2.75, 3.05) is 0 Å². The lowest BCUT2D eigenvalue weighted by Crippen LogP contribution is -2.06. The number of benzene rings is 3. The van der Waals surface area contributed by atoms with Crippen molar-refractivity contribution < 1.29 is 4.74 Å². The molecule has 0 fully saturated rings. The normalized spacial score (nSPS) is 10.9. The molecule has 0 heterocycles. The number of halogens is 3. The molecular weight excluding hydrogens is 403 g/mol. The zero-order chi connectivity index (χ0) is 19.1. The molecule has 0 unspecified atom stereocenters. The van der Waals surface area contributed by atoms with Gasteiger partial charge in [-0.05, 0) is 35.9 Å². The fraction of sp³-hybridized carbons (Fsp3) is 0.0952. The van der Waals surface area contributed by atoms with Crippen molar-refractivity contribution in [3.8, 4) is 5.75 Å². The first-order valence-corrected chi connectivity index (χ1v) is 9.42. The van der Waals surface area contributed by atoms with E-state index >= 15 is 0 Å².